The maximum atomic E-state index is 12.7. The predicted molar refractivity (Wildman–Crippen MR) is 119 cm³/mol. The smallest absolute Gasteiger partial charge is 0.255 e. The Labute approximate surface area is 187 Å². The standard InChI is InChI=1S/C24H25N5O3/c25-15-19-4-6-23(7-5-19)32-18-20-2-1-3-21(14-20)24(30)27-22-16-26-29(17-22)9-8-28-10-12-31-13-11-28/h1-7,14,16-17H,8-13,18H2,(H,27,30). The van der Waals surface area contributed by atoms with Gasteiger partial charge in [-0.05, 0) is 42.0 Å². The third-order valence-electron chi connectivity index (χ3n) is 5.22. The van der Waals surface area contributed by atoms with Gasteiger partial charge in [0.15, 0.2) is 0 Å². The van der Waals surface area contributed by atoms with Crippen molar-refractivity contribution in [3.63, 3.8) is 0 Å². The molecule has 1 N–H and O–H groups in total. The second kappa shape index (κ2) is 10.6. The zero-order valence-electron chi connectivity index (χ0n) is 17.7. The van der Waals surface area contributed by atoms with Crippen LogP contribution in [0.1, 0.15) is 21.5 Å². The van der Waals surface area contributed by atoms with Crippen molar-refractivity contribution < 1.29 is 14.3 Å². The van der Waals surface area contributed by atoms with E-state index in [2.05, 4.69) is 21.4 Å². The quantitative estimate of drug-likeness (QED) is 0.590. The van der Waals surface area contributed by atoms with Crippen LogP contribution in [0.25, 0.3) is 0 Å². The fraction of sp³-hybridized carbons (Fsp3) is 0.292. The minimum Gasteiger partial charge on any atom is -0.489 e. The molecule has 0 spiro atoms. The Morgan fingerprint density at radius 3 is 2.75 bits per heavy atom. The molecule has 3 aromatic rings. The van der Waals surface area contributed by atoms with Crippen LogP contribution in [-0.2, 0) is 17.9 Å². The van der Waals surface area contributed by atoms with Crippen LogP contribution in [0.2, 0.25) is 0 Å². The van der Waals surface area contributed by atoms with E-state index >= 15 is 0 Å². The van der Waals surface area contributed by atoms with Gasteiger partial charge in [0, 0.05) is 31.4 Å². The summed E-state index contributed by atoms with van der Waals surface area (Å²) in [6.45, 7) is 5.42. The molecule has 1 amide bonds. The Morgan fingerprint density at radius 2 is 1.97 bits per heavy atom. The lowest BCUT2D eigenvalue weighted by atomic mass is 10.1. The van der Waals surface area contributed by atoms with Crippen molar-refractivity contribution in [2.24, 2.45) is 0 Å². The molecule has 0 bridgehead atoms. The molecule has 0 radical (unpaired) electrons. The van der Waals surface area contributed by atoms with Crippen molar-refractivity contribution in [2.45, 2.75) is 13.2 Å². The van der Waals surface area contributed by atoms with E-state index in [-0.39, 0.29) is 5.91 Å². The van der Waals surface area contributed by atoms with E-state index < -0.39 is 0 Å². The zero-order valence-corrected chi connectivity index (χ0v) is 17.7. The van der Waals surface area contributed by atoms with E-state index in [4.69, 9.17) is 14.7 Å². The number of nitrogens with zero attached hydrogens (tertiary/aromatic N) is 4. The molecule has 1 aliphatic heterocycles. The van der Waals surface area contributed by atoms with Gasteiger partial charge in [-0.1, -0.05) is 12.1 Å². The number of carbonyl (C=O) groups is 1. The van der Waals surface area contributed by atoms with E-state index in [0.29, 0.717) is 29.2 Å². The van der Waals surface area contributed by atoms with Crippen LogP contribution >= 0.6 is 0 Å². The van der Waals surface area contributed by atoms with Gasteiger partial charge in [0.2, 0.25) is 0 Å². The van der Waals surface area contributed by atoms with Gasteiger partial charge in [0.25, 0.3) is 5.91 Å². The molecule has 1 saturated heterocycles. The van der Waals surface area contributed by atoms with E-state index in [1.807, 2.05) is 29.1 Å². The number of morpholine rings is 1. The first-order valence-electron chi connectivity index (χ1n) is 10.6. The molecule has 2 aromatic carbocycles. The van der Waals surface area contributed by atoms with Crippen LogP contribution in [0, 0.1) is 11.3 Å². The van der Waals surface area contributed by atoms with Crippen LogP contribution in [0.3, 0.4) is 0 Å². The monoisotopic (exact) mass is 431 g/mol. The second-order valence-corrected chi connectivity index (χ2v) is 7.53. The zero-order chi connectivity index (χ0) is 22.2. The van der Waals surface area contributed by atoms with Gasteiger partial charge in [0.1, 0.15) is 12.4 Å². The van der Waals surface area contributed by atoms with E-state index in [0.717, 1.165) is 45.0 Å². The number of nitriles is 1. The lowest BCUT2D eigenvalue weighted by Crippen LogP contribution is -2.38. The Bertz CT molecular complexity index is 1080. The predicted octanol–water partition coefficient (Wildman–Crippen LogP) is 2.92. The highest BCUT2D eigenvalue weighted by atomic mass is 16.5. The average molecular weight is 431 g/mol. The molecule has 0 aliphatic carbocycles. The Kier molecular flexibility index (Phi) is 7.12. The van der Waals surface area contributed by atoms with E-state index in [1.165, 1.54) is 0 Å². The Morgan fingerprint density at radius 1 is 1.16 bits per heavy atom. The SMILES string of the molecule is N#Cc1ccc(OCc2cccc(C(=O)Nc3cnn(CCN4CCOCC4)c3)c2)cc1. The molecule has 8 heteroatoms. The molecule has 1 aliphatic rings. The van der Waals surface area contributed by atoms with Crippen molar-refractivity contribution in [1.29, 1.82) is 5.26 Å². The summed E-state index contributed by atoms with van der Waals surface area (Å²) in [5.74, 6) is 0.473. The number of benzene rings is 2. The number of anilines is 1. The molecule has 164 valence electrons. The number of rotatable bonds is 8. The van der Waals surface area contributed by atoms with Crippen LogP contribution in [0.15, 0.2) is 60.9 Å². The number of hydrogen-bond donors (Lipinski definition) is 1. The Hall–Kier alpha value is -3.67. The highest BCUT2D eigenvalue weighted by Crippen LogP contribution is 2.15. The van der Waals surface area contributed by atoms with E-state index in [1.54, 1.807) is 36.5 Å². The van der Waals surface area contributed by atoms with Gasteiger partial charge < -0.3 is 14.8 Å². The van der Waals surface area contributed by atoms with Crippen molar-refractivity contribution in [3.8, 4) is 11.8 Å². The summed E-state index contributed by atoms with van der Waals surface area (Å²) in [5.41, 5.74) is 2.67. The lowest BCUT2D eigenvalue weighted by Gasteiger charge is -2.26. The molecule has 0 saturated carbocycles. The highest BCUT2D eigenvalue weighted by molar-refractivity contribution is 6.04. The lowest BCUT2D eigenvalue weighted by molar-refractivity contribution is 0.0360. The minimum absolute atomic E-state index is 0.196. The van der Waals surface area contributed by atoms with Gasteiger partial charge in [-0.2, -0.15) is 10.4 Å². The normalized spacial score (nSPS) is 14.0. The molecule has 1 aromatic heterocycles. The van der Waals surface area contributed by atoms with Crippen molar-refractivity contribution in [2.75, 3.05) is 38.2 Å². The number of amides is 1. The maximum Gasteiger partial charge on any atom is 0.255 e. The van der Waals surface area contributed by atoms with Crippen LogP contribution < -0.4 is 10.1 Å². The average Bonchev–Trinajstić information content (AvgIpc) is 3.30. The first-order chi connectivity index (χ1) is 15.7. The molecular weight excluding hydrogens is 406 g/mol. The van der Waals surface area contributed by atoms with Crippen molar-refractivity contribution in [1.82, 2.24) is 14.7 Å². The highest BCUT2D eigenvalue weighted by Gasteiger charge is 2.12. The third kappa shape index (κ3) is 5.94. The molecule has 0 unspecified atom stereocenters. The first-order valence-corrected chi connectivity index (χ1v) is 10.6. The van der Waals surface area contributed by atoms with Crippen LogP contribution in [0.5, 0.6) is 5.75 Å². The topological polar surface area (TPSA) is 92.4 Å². The summed E-state index contributed by atoms with van der Waals surface area (Å²) in [6.07, 6.45) is 3.51. The number of carbonyl (C=O) groups excluding carboxylic acids is 1. The van der Waals surface area contributed by atoms with Gasteiger partial charge in [-0.25, -0.2) is 0 Å². The molecule has 8 nitrogen and oxygen atoms in total. The van der Waals surface area contributed by atoms with Gasteiger partial charge >= 0.3 is 0 Å². The summed E-state index contributed by atoms with van der Waals surface area (Å²) in [4.78, 5) is 15.0. The summed E-state index contributed by atoms with van der Waals surface area (Å²) in [6, 6.07) is 16.3. The van der Waals surface area contributed by atoms with Crippen LogP contribution in [0.4, 0.5) is 5.69 Å². The van der Waals surface area contributed by atoms with E-state index in [9.17, 15) is 4.79 Å². The molecule has 2 heterocycles. The first kappa shape index (κ1) is 21.6. The summed E-state index contributed by atoms with van der Waals surface area (Å²) in [7, 11) is 0. The Balaban J connectivity index is 1.29. The van der Waals surface area contributed by atoms with Gasteiger partial charge in [0.05, 0.1) is 43.3 Å². The fourth-order valence-electron chi connectivity index (χ4n) is 3.42. The largest absolute Gasteiger partial charge is 0.489 e. The summed E-state index contributed by atoms with van der Waals surface area (Å²) < 4.78 is 13.0. The molecule has 32 heavy (non-hydrogen) atoms. The molecular formula is C24H25N5O3. The third-order valence-corrected chi connectivity index (χ3v) is 5.22. The van der Waals surface area contributed by atoms with Crippen molar-refractivity contribution >= 4 is 11.6 Å². The minimum atomic E-state index is -0.196. The number of nitrogens with one attached hydrogen (secondary N) is 1. The molecule has 1 fully saturated rings. The van der Waals surface area contributed by atoms with Crippen LogP contribution in [-0.4, -0.2) is 53.4 Å². The molecule has 0 atom stereocenters. The number of hydrogen-bond acceptors (Lipinski definition) is 6. The molecule has 4 rings (SSSR count). The summed E-state index contributed by atoms with van der Waals surface area (Å²) >= 11 is 0. The number of aromatic nitrogens is 2. The van der Waals surface area contributed by atoms with Gasteiger partial charge in [-0.15, -0.1) is 0 Å². The van der Waals surface area contributed by atoms with Crippen molar-refractivity contribution in [3.05, 3.63) is 77.6 Å². The number of ether oxygens (including phenoxy) is 2. The summed E-state index contributed by atoms with van der Waals surface area (Å²) in [5, 5.41) is 16.1. The fourth-order valence-corrected chi connectivity index (χ4v) is 3.42. The van der Waals surface area contributed by atoms with Gasteiger partial charge in [-0.3, -0.25) is 14.4 Å². The second-order valence-electron chi connectivity index (χ2n) is 7.53. The maximum absolute atomic E-state index is 12.7.